The minimum absolute atomic E-state index is 0.0211. The minimum atomic E-state index is -0.200. The third kappa shape index (κ3) is 4.78. The van der Waals surface area contributed by atoms with E-state index in [2.05, 4.69) is 13.8 Å². The number of benzene rings is 1. The van der Waals surface area contributed by atoms with Gasteiger partial charge in [0.2, 0.25) is 0 Å². The van der Waals surface area contributed by atoms with Gasteiger partial charge in [-0.15, -0.1) is 0 Å². The molecule has 1 rings (SSSR count). The van der Waals surface area contributed by atoms with Gasteiger partial charge in [-0.1, -0.05) is 32.0 Å². The normalized spacial score (nSPS) is 14.3. The van der Waals surface area contributed by atoms with Crippen LogP contribution in [0.4, 0.5) is 0 Å². The Labute approximate surface area is 122 Å². The van der Waals surface area contributed by atoms with Crippen LogP contribution in [0.25, 0.3) is 0 Å². The van der Waals surface area contributed by atoms with Crippen molar-refractivity contribution >= 4 is 0 Å². The maximum absolute atomic E-state index is 6.40. The quantitative estimate of drug-likeness (QED) is 0.707. The van der Waals surface area contributed by atoms with Gasteiger partial charge in [0, 0.05) is 19.3 Å². The first-order valence-corrected chi connectivity index (χ1v) is 7.19. The van der Waals surface area contributed by atoms with Gasteiger partial charge in [-0.05, 0) is 18.9 Å². The van der Waals surface area contributed by atoms with Crippen molar-refractivity contribution in [1.29, 1.82) is 0 Å². The van der Waals surface area contributed by atoms with E-state index in [0.29, 0.717) is 25.7 Å². The highest BCUT2D eigenvalue weighted by Gasteiger charge is 2.25. The molecular weight excluding hydrogens is 254 g/mol. The van der Waals surface area contributed by atoms with Crippen molar-refractivity contribution < 1.29 is 14.2 Å². The molecule has 0 radical (unpaired) electrons. The molecule has 2 atom stereocenters. The Morgan fingerprint density at radius 2 is 1.85 bits per heavy atom. The first-order chi connectivity index (χ1) is 9.61. The number of para-hydroxylation sites is 1. The summed E-state index contributed by atoms with van der Waals surface area (Å²) >= 11 is 0. The van der Waals surface area contributed by atoms with E-state index in [1.165, 1.54) is 0 Å². The highest BCUT2D eigenvalue weighted by Crippen LogP contribution is 2.29. The topological polar surface area (TPSA) is 53.7 Å². The summed E-state index contributed by atoms with van der Waals surface area (Å²) in [6.07, 6.45) is -0.0211. The summed E-state index contributed by atoms with van der Waals surface area (Å²) in [5.41, 5.74) is 7.38. The lowest BCUT2D eigenvalue weighted by Gasteiger charge is -2.28. The number of ether oxygens (including phenoxy) is 3. The Balaban J connectivity index is 2.87. The molecule has 0 heterocycles. The van der Waals surface area contributed by atoms with Crippen molar-refractivity contribution in [3.63, 3.8) is 0 Å². The molecular formula is C16H27NO3. The third-order valence-corrected chi connectivity index (χ3v) is 3.19. The zero-order chi connectivity index (χ0) is 15.0. The van der Waals surface area contributed by atoms with E-state index < -0.39 is 0 Å². The Bertz CT molecular complexity index is 382. The van der Waals surface area contributed by atoms with Gasteiger partial charge in [0.15, 0.2) is 0 Å². The van der Waals surface area contributed by atoms with Crippen LogP contribution in [-0.2, 0) is 9.47 Å². The molecule has 0 aliphatic rings. The maximum Gasteiger partial charge on any atom is 0.124 e. The summed E-state index contributed by atoms with van der Waals surface area (Å²) in [6.45, 7) is 7.96. The van der Waals surface area contributed by atoms with Crippen molar-refractivity contribution in [2.75, 3.05) is 26.9 Å². The number of hydrogen-bond acceptors (Lipinski definition) is 4. The maximum atomic E-state index is 6.40. The van der Waals surface area contributed by atoms with Gasteiger partial charge >= 0.3 is 0 Å². The van der Waals surface area contributed by atoms with Gasteiger partial charge in [0.1, 0.15) is 12.4 Å². The van der Waals surface area contributed by atoms with Gasteiger partial charge in [0.05, 0.1) is 18.8 Å². The Morgan fingerprint density at radius 3 is 2.45 bits per heavy atom. The third-order valence-electron chi connectivity index (χ3n) is 3.19. The van der Waals surface area contributed by atoms with E-state index in [0.717, 1.165) is 11.3 Å². The van der Waals surface area contributed by atoms with Crippen LogP contribution in [0.1, 0.15) is 32.4 Å². The molecule has 0 saturated carbocycles. The fourth-order valence-electron chi connectivity index (χ4n) is 2.20. The molecule has 0 aliphatic heterocycles. The zero-order valence-electron chi connectivity index (χ0n) is 13.0. The molecule has 2 N–H and O–H groups in total. The first kappa shape index (κ1) is 17.0. The highest BCUT2D eigenvalue weighted by molar-refractivity contribution is 5.36. The molecule has 1 aromatic carbocycles. The first-order valence-electron chi connectivity index (χ1n) is 7.19. The predicted molar refractivity (Wildman–Crippen MR) is 81.0 cm³/mol. The van der Waals surface area contributed by atoms with Gasteiger partial charge < -0.3 is 19.9 Å². The Morgan fingerprint density at radius 1 is 1.15 bits per heavy atom. The summed E-state index contributed by atoms with van der Waals surface area (Å²) in [6, 6.07) is 7.66. The van der Waals surface area contributed by atoms with Gasteiger partial charge in [-0.25, -0.2) is 0 Å². The number of methoxy groups -OCH3 is 1. The van der Waals surface area contributed by atoms with Crippen molar-refractivity contribution in [2.24, 2.45) is 11.7 Å². The molecule has 0 aliphatic carbocycles. The number of rotatable bonds is 9. The largest absolute Gasteiger partial charge is 0.491 e. The summed E-state index contributed by atoms with van der Waals surface area (Å²) in [5, 5.41) is 0. The van der Waals surface area contributed by atoms with Crippen LogP contribution in [0, 0.1) is 5.92 Å². The molecule has 0 amide bonds. The Kier molecular flexibility index (Phi) is 7.59. The summed E-state index contributed by atoms with van der Waals surface area (Å²) < 4.78 is 16.5. The van der Waals surface area contributed by atoms with E-state index in [4.69, 9.17) is 19.9 Å². The molecule has 0 fully saturated rings. The van der Waals surface area contributed by atoms with Crippen LogP contribution in [0.2, 0.25) is 0 Å². The van der Waals surface area contributed by atoms with Gasteiger partial charge in [-0.2, -0.15) is 0 Å². The SMILES string of the molecule is CCOC(C(C)C)C(N)c1ccccc1OCCOC. The second kappa shape index (κ2) is 8.95. The van der Waals surface area contributed by atoms with Crippen LogP contribution >= 0.6 is 0 Å². The molecule has 0 saturated heterocycles. The van der Waals surface area contributed by atoms with Crippen LogP contribution in [0.15, 0.2) is 24.3 Å². The van der Waals surface area contributed by atoms with Crippen molar-refractivity contribution in [2.45, 2.75) is 32.9 Å². The number of nitrogens with two attached hydrogens (primary N) is 1. The van der Waals surface area contributed by atoms with E-state index in [1.807, 2.05) is 31.2 Å². The van der Waals surface area contributed by atoms with Crippen molar-refractivity contribution in [3.05, 3.63) is 29.8 Å². The summed E-state index contributed by atoms with van der Waals surface area (Å²) in [5.74, 6) is 1.15. The molecule has 4 heteroatoms. The van der Waals surface area contributed by atoms with E-state index in [-0.39, 0.29) is 12.1 Å². The summed E-state index contributed by atoms with van der Waals surface area (Å²) in [7, 11) is 1.66. The van der Waals surface area contributed by atoms with Crippen LogP contribution in [0.3, 0.4) is 0 Å². The lowest BCUT2D eigenvalue weighted by Crippen LogP contribution is -2.33. The molecule has 20 heavy (non-hydrogen) atoms. The molecule has 0 spiro atoms. The van der Waals surface area contributed by atoms with Crippen LogP contribution in [0.5, 0.6) is 5.75 Å². The van der Waals surface area contributed by atoms with E-state index in [9.17, 15) is 0 Å². The lowest BCUT2D eigenvalue weighted by molar-refractivity contribution is 0.0114. The van der Waals surface area contributed by atoms with E-state index >= 15 is 0 Å². The predicted octanol–water partition coefficient (Wildman–Crippen LogP) is 2.77. The van der Waals surface area contributed by atoms with Gasteiger partial charge in [-0.3, -0.25) is 0 Å². The molecule has 0 aromatic heterocycles. The average Bonchev–Trinajstić information content (AvgIpc) is 2.44. The zero-order valence-corrected chi connectivity index (χ0v) is 13.0. The molecule has 0 bridgehead atoms. The average molecular weight is 281 g/mol. The fraction of sp³-hybridized carbons (Fsp3) is 0.625. The van der Waals surface area contributed by atoms with Crippen molar-refractivity contribution in [3.8, 4) is 5.75 Å². The van der Waals surface area contributed by atoms with Crippen LogP contribution in [-0.4, -0.2) is 33.0 Å². The fourth-order valence-corrected chi connectivity index (χ4v) is 2.20. The minimum Gasteiger partial charge on any atom is -0.491 e. The Hall–Kier alpha value is -1.10. The number of hydrogen-bond donors (Lipinski definition) is 1. The molecule has 2 unspecified atom stereocenters. The molecule has 1 aromatic rings. The van der Waals surface area contributed by atoms with Crippen LogP contribution < -0.4 is 10.5 Å². The molecule has 114 valence electrons. The standard InChI is InChI=1S/C16H27NO3/c1-5-19-16(12(2)3)15(17)13-8-6-7-9-14(13)20-11-10-18-4/h6-9,12,15-16H,5,10-11,17H2,1-4H3. The smallest absolute Gasteiger partial charge is 0.124 e. The van der Waals surface area contributed by atoms with Crippen molar-refractivity contribution in [1.82, 2.24) is 0 Å². The highest BCUT2D eigenvalue weighted by atomic mass is 16.5. The second-order valence-corrected chi connectivity index (χ2v) is 5.07. The summed E-state index contributed by atoms with van der Waals surface area (Å²) in [4.78, 5) is 0. The van der Waals surface area contributed by atoms with E-state index in [1.54, 1.807) is 7.11 Å². The monoisotopic (exact) mass is 281 g/mol. The lowest BCUT2D eigenvalue weighted by atomic mass is 9.93. The molecule has 4 nitrogen and oxygen atoms in total. The second-order valence-electron chi connectivity index (χ2n) is 5.07. The van der Waals surface area contributed by atoms with Gasteiger partial charge in [0.25, 0.3) is 0 Å².